The molecule has 1 heterocycles. The van der Waals surface area contributed by atoms with E-state index in [1.165, 1.54) is 0 Å². The summed E-state index contributed by atoms with van der Waals surface area (Å²) in [6.45, 7) is 9.58. The van der Waals surface area contributed by atoms with Gasteiger partial charge in [-0.2, -0.15) is 0 Å². The van der Waals surface area contributed by atoms with Gasteiger partial charge in [0.25, 0.3) is 0 Å². The third-order valence-corrected chi connectivity index (χ3v) is 3.06. The zero-order chi connectivity index (χ0) is 12.2. The van der Waals surface area contributed by atoms with Crippen molar-refractivity contribution in [3.05, 3.63) is 0 Å². The molecule has 2 atom stereocenters. The van der Waals surface area contributed by atoms with Crippen molar-refractivity contribution in [3.8, 4) is 0 Å². The smallest absolute Gasteiger partial charge is 0.0757 e. The highest BCUT2D eigenvalue weighted by molar-refractivity contribution is 4.83. The van der Waals surface area contributed by atoms with Gasteiger partial charge in [-0.1, -0.05) is 0 Å². The van der Waals surface area contributed by atoms with Crippen molar-refractivity contribution >= 4 is 0 Å². The van der Waals surface area contributed by atoms with Crippen LogP contribution in [0.15, 0.2) is 0 Å². The Bertz CT molecular complexity index is 205. The second kappa shape index (κ2) is 5.96. The Morgan fingerprint density at radius 3 is 2.75 bits per heavy atom. The van der Waals surface area contributed by atoms with Gasteiger partial charge in [0, 0.05) is 19.1 Å². The predicted molar refractivity (Wildman–Crippen MR) is 65.6 cm³/mol. The molecule has 0 radical (unpaired) electrons. The fourth-order valence-electron chi connectivity index (χ4n) is 2.42. The summed E-state index contributed by atoms with van der Waals surface area (Å²) in [5, 5.41) is 12.2. The van der Waals surface area contributed by atoms with Crippen LogP contribution in [0.25, 0.3) is 0 Å². The van der Waals surface area contributed by atoms with E-state index in [2.05, 4.69) is 31.0 Å². The van der Waals surface area contributed by atoms with Gasteiger partial charge in [-0.3, -0.25) is 4.90 Å². The van der Waals surface area contributed by atoms with Crippen molar-refractivity contribution in [2.45, 2.75) is 44.9 Å². The number of hydrogen-bond donors (Lipinski definition) is 2. The van der Waals surface area contributed by atoms with Crippen molar-refractivity contribution < 1.29 is 9.84 Å². The molecular formula is C12H26N2O2. The second-order valence-electron chi connectivity index (χ2n) is 5.38. The van der Waals surface area contributed by atoms with Gasteiger partial charge >= 0.3 is 0 Å². The number of rotatable bonds is 5. The Hall–Kier alpha value is -0.160. The van der Waals surface area contributed by atoms with Gasteiger partial charge in [-0.15, -0.1) is 0 Å². The topological polar surface area (TPSA) is 44.7 Å². The van der Waals surface area contributed by atoms with Crippen molar-refractivity contribution in [1.29, 1.82) is 0 Å². The van der Waals surface area contributed by atoms with Gasteiger partial charge in [-0.05, 0) is 40.8 Å². The lowest BCUT2D eigenvalue weighted by molar-refractivity contribution is -0.129. The molecule has 0 spiro atoms. The molecule has 1 fully saturated rings. The van der Waals surface area contributed by atoms with Crippen molar-refractivity contribution in [2.75, 3.05) is 33.3 Å². The fraction of sp³-hybridized carbons (Fsp3) is 1.00. The third-order valence-electron chi connectivity index (χ3n) is 3.06. The molecule has 1 saturated heterocycles. The first-order chi connectivity index (χ1) is 7.46. The molecule has 0 aromatic rings. The number of likely N-dealkylation sites (N-methyl/N-ethyl adjacent to an activating group) is 1. The standard InChI is InChI=1S/C12H26N2O2/c1-10-7-14(9-12(2,3)16-10)6-5-11(8-15)13-4/h10-11,13,15H,5-9H2,1-4H3. The van der Waals surface area contributed by atoms with Crippen molar-refractivity contribution in [3.63, 3.8) is 0 Å². The molecule has 0 amide bonds. The lowest BCUT2D eigenvalue weighted by Gasteiger charge is -2.42. The minimum Gasteiger partial charge on any atom is -0.395 e. The van der Waals surface area contributed by atoms with E-state index in [1.54, 1.807) is 0 Å². The number of nitrogens with zero attached hydrogens (tertiary/aromatic N) is 1. The molecule has 0 aromatic heterocycles. The first-order valence-electron chi connectivity index (χ1n) is 6.15. The highest BCUT2D eigenvalue weighted by atomic mass is 16.5. The summed E-state index contributed by atoms with van der Waals surface area (Å²) in [5.74, 6) is 0. The van der Waals surface area contributed by atoms with Gasteiger partial charge < -0.3 is 15.2 Å². The molecule has 2 unspecified atom stereocenters. The van der Waals surface area contributed by atoms with E-state index in [9.17, 15) is 0 Å². The van der Waals surface area contributed by atoms with Crippen LogP contribution in [0.4, 0.5) is 0 Å². The van der Waals surface area contributed by atoms with Crippen LogP contribution in [0.1, 0.15) is 27.2 Å². The van der Waals surface area contributed by atoms with E-state index in [1.807, 2.05) is 7.05 Å². The molecule has 4 heteroatoms. The average Bonchev–Trinajstić information content (AvgIpc) is 2.16. The van der Waals surface area contributed by atoms with Gasteiger partial charge in [0.1, 0.15) is 0 Å². The SMILES string of the molecule is CNC(CO)CCN1CC(C)OC(C)(C)C1. The molecule has 1 aliphatic rings. The Kier molecular flexibility index (Phi) is 5.18. The highest BCUT2D eigenvalue weighted by Crippen LogP contribution is 2.20. The van der Waals surface area contributed by atoms with Crippen LogP contribution in [0.5, 0.6) is 0 Å². The number of morpholine rings is 1. The van der Waals surface area contributed by atoms with E-state index < -0.39 is 0 Å². The summed E-state index contributed by atoms with van der Waals surface area (Å²) in [4.78, 5) is 2.42. The molecule has 16 heavy (non-hydrogen) atoms. The molecule has 0 bridgehead atoms. The number of aliphatic hydroxyl groups excluding tert-OH is 1. The summed E-state index contributed by atoms with van der Waals surface area (Å²) in [6.07, 6.45) is 1.28. The van der Waals surface area contributed by atoms with Crippen LogP contribution >= 0.6 is 0 Å². The van der Waals surface area contributed by atoms with Crippen LogP contribution in [0.2, 0.25) is 0 Å². The summed E-state index contributed by atoms with van der Waals surface area (Å²) in [7, 11) is 1.90. The number of aliphatic hydroxyl groups is 1. The maximum atomic E-state index is 9.10. The summed E-state index contributed by atoms with van der Waals surface area (Å²) in [6, 6.07) is 0.210. The number of ether oxygens (including phenoxy) is 1. The van der Waals surface area contributed by atoms with Crippen molar-refractivity contribution in [2.24, 2.45) is 0 Å². The Morgan fingerprint density at radius 2 is 2.25 bits per heavy atom. The van der Waals surface area contributed by atoms with E-state index in [4.69, 9.17) is 9.84 Å². The lowest BCUT2D eigenvalue weighted by Crippen LogP contribution is -2.52. The monoisotopic (exact) mass is 230 g/mol. The number of hydrogen-bond acceptors (Lipinski definition) is 4. The van der Waals surface area contributed by atoms with E-state index in [-0.39, 0.29) is 18.2 Å². The Labute approximate surface area is 99.0 Å². The summed E-state index contributed by atoms with van der Waals surface area (Å²) >= 11 is 0. The van der Waals surface area contributed by atoms with Crippen LogP contribution in [-0.2, 0) is 4.74 Å². The van der Waals surface area contributed by atoms with E-state index in [0.717, 1.165) is 26.1 Å². The molecule has 0 saturated carbocycles. The zero-order valence-electron chi connectivity index (χ0n) is 11.0. The van der Waals surface area contributed by atoms with Gasteiger partial charge in [0.15, 0.2) is 0 Å². The molecule has 2 N–H and O–H groups in total. The van der Waals surface area contributed by atoms with Crippen LogP contribution in [0, 0.1) is 0 Å². The first-order valence-corrected chi connectivity index (χ1v) is 6.15. The predicted octanol–water partition coefficient (Wildman–Crippen LogP) is 0.456. The zero-order valence-corrected chi connectivity index (χ0v) is 11.0. The van der Waals surface area contributed by atoms with Gasteiger partial charge in [-0.25, -0.2) is 0 Å². The molecule has 96 valence electrons. The number of nitrogens with one attached hydrogen (secondary N) is 1. The maximum Gasteiger partial charge on any atom is 0.0757 e. The normalized spacial score (nSPS) is 27.9. The first kappa shape index (κ1) is 13.9. The van der Waals surface area contributed by atoms with E-state index >= 15 is 0 Å². The Balaban J connectivity index is 2.36. The average molecular weight is 230 g/mol. The molecular weight excluding hydrogens is 204 g/mol. The molecule has 0 aromatic carbocycles. The maximum absolute atomic E-state index is 9.10. The molecule has 1 rings (SSSR count). The van der Waals surface area contributed by atoms with Crippen molar-refractivity contribution in [1.82, 2.24) is 10.2 Å². The van der Waals surface area contributed by atoms with E-state index in [0.29, 0.717) is 6.10 Å². The van der Waals surface area contributed by atoms with Gasteiger partial charge in [0.05, 0.1) is 18.3 Å². The lowest BCUT2D eigenvalue weighted by atomic mass is 10.0. The van der Waals surface area contributed by atoms with Gasteiger partial charge in [0.2, 0.25) is 0 Å². The largest absolute Gasteiger partial charge is 0.395 e. The van der Waals surface area contributed by atoms with Crippen LogP contribution < -0.4 is 5.32 Å². The molecule has 1 aliphatic heterocycles. The molecule has 0 aliphatic carbocycles. The third kappa shape index (κ3) is 4.37. The minimum atomic E-state index is -0.0496. The molecule has 4 nitrogen and oxygen atoms in total. The fourth-order valence-corrected chi connectivity index (χ4v) is 2.42. The highest BCUT2D eigenvalue weighted by Gasteiger charge is 2.31. The van der Waals surface area contributed by atoms with Crippen LogP contribution in [-0.4, -0.2) is 61.0 Å². The quantitative estimate of drug-likeness (QED) is 0.720. The summed E-state index contributed by atoms with van der Waals surface area (Å²) in [5.41, 5.74) is -0.0496. The summed E-state index contributed by atoms with van der Waals surface area (Å²) < 4.78 is 5.86. The second-order valence-corrected chi connectivity index (χ2v) is 5.38. The van der Waals surface area contributed by atoms with Crippen LogP contribution in [0.3, 0.4) is 0 Å². The Morgan fingerprint density at radius 1 is 1.56 bits per heavy atom. The minimum absolute atomic E-state index is 0.0496.